The third kappa shape index (κ3) is 11.3. The first kappa shape index (κ1) is 38.4. The molecule has 14 heteroatoms. The number of aromatic nitrogens is 2. The van der Waals surface area contributed by atoms with Crippen LogP contribution in [-0.2, 0) is 10.8 Å². The van der Waals surface area contributed by atoms with Crippen LogP contribution in [0.4, 0.5) is 19.8 Å². The number of benzene rings is 2. The number of amides is 2. The molecule has 2 saturated carbocycles. The van der Waals surface area contributed by atoms with E-state index < -0.39 is 29.2 Å². The second-order valence-corrected chi connectivity index (χ2v) is 13.8. The number of anilines is 1. The van der Waals surface area contributed by atoms with Crippen LogP contribution in [-0.4, -0.2) is 71.3 Å². The summed E-state index contributed by atoms with van der Waals surface area (Å²) < 4.78 is 22.6. The minimum absolute atomic E-state index is 0.154. The van der Waals surface area contributed by atoms with Crippen LogP contribution in [0.3, 0.4) is 0 Å². The molecule has 0 saturated heterocycles. The molecule has 12 nitrogen and oxygen atoms in total. The predicted octanol–water partition coefficient (Wildman–Crippen LogP) is 6.97. The van der Waals surface area contributed by atoms with Gasteiger partial charge in [0, 0.05) is 52.8 Å². The molecule has 2 aromatic carbocycles. The summed E-state index contributed by atoms with van der Waals surface area (Å²) in [5, 5.41) is 34.7. The summed E-state index contributed by atoms with van der Waals surface area (Å²) in [5.74, 6) is 0.441. The van der Waals surface area contributed by atoms with E-state index in [0.29, 0.717) is 10.7 Å². The number of fused-ring (bicyclic) bond motifs is 2. The van der Waals surface area contributed by atoms with Gasteiger partial charge in [-0.3, -0.25) is 14.7 Å². The van der Waals surface area contributed by atoms with Crippen molar-refractivity contribution in [1.29, 1.82) is 0 Å². The fourth-order valence-corrected chi connectivity index (χ4v) is 5.48. The third-order valence-electron chi connectivity index (χ3n) is 7.88. The van der Waals surface area contributed by atoms with E-state index in [1.807, 2.05) is 62.4 Å². The fourth-order valence-electron chi connectivity index (χ4n) is 4.94. The number of hydrogen-bond donors (Lipinski definition) is 4. The molecule has 0 bridgehead atoms. The van der Waals surface area contributed by atoms with Gasteiger partial charge in [-0.25, -0.2) is 34.0 Å². The molecule has 8 rings (SSSR count). The monoisotopic (exact) mass is 738 g/mol. The number of nitrogens with one attached hydrogen (secondary N) is 1. The summed E-state index contributed by atoms with van der Waals surface area (Å²) in [5.41, 5.74) is 5.40. The Balaban J connectivity index is 0.000000172. The lowest BCUT2D eigenvalue weighted by Crippen LogP contribution is -2.25. The summed E-state index contributed by atoms with van der Waals surface area (Å²) in [4.78, 5) is 37.0. The molecular formula is C39H39FN6O6S. The lowest BCUT2D eigenvalue weighted by molar-refractivity contribution is 0.0230. The van der Waals surface area contributed by atoms with Gasteiger partial charge in [0.05, 0.1) is 16.5 Å². The Morgan fingerprint density at radius 1 is 0.981 bits per heavy atom. The van der Waals surface area contributed by atoms with Gasteiger partial charge in [-0.05, 0) is 90.4 Å². The summed E-state index contributed by atoms with van der Waals surface area (Å²) in [6.45, 7) is 3.87. The molecule has 2 aliphatic heterocycles. The Labute approximate surface area is 307 Å². The zero-order chi connectivity index (χ0) is 38.1. The minimum Gasteiger partial charge on any atom is -0.465 e. The number of carboxylic acid groups (broad SMARTS) is 2. The first-order valence-electron chi connectivity index (χ1n) is 16.8. The van der Waals surface area contributed by atoms with Crippen LogP contribution >= 0.6 is 0 Å². The molecule has 0 radical (unpaired) electrons. The Bertz CT molecular complexity index is 2310. The third-order valence-corrected chi connectivity index (χ3v) is 8.69. The molecule has 4 aliphatic rings. The molecule has 2 aromatic heterocycles. The average Bonchev–Trinajstić information content (AvgIpc) is 4.05. The quantitative estimate of drug-likeness (QED) is 0.173. The molecule has 274 valence electrons. The van der Waals surface area contributed by atoms with Crippen molar-refractivity contribution >= 4 is 63.4 Å². The van der Waals surface area contributed by atoms with Crippen molar-refractivity contribution in [3.8, 4) is 11.1 Å². The number of pyridine rings is 2. The summed E-state index contributed by atoms with van der Waals surface area (Å²) in [7, 11) is -1.11. The van der Waals surface area contributed by atoms with Gasteiger partial charge in [0.25, 0.3) is 0 Å². The number of aryl methyl sites for hydroxylation is 1. The maximum atomic E-state index is 11.5. The molecule has 0 spiro atoms. The van der Waals surface area contributed by atoms with Crippen LogP contribution in [0.5, 0.6) is 0 Å². The SMILES string of the molecule is C1CC1.CC1=CC=CN(O)C1=c1ccc2c(c1)C=NC(=NC(=O)O)C=2.Cc1cc(S(C)=O)ncc1-c1ccc2cc(NC(=O)O)ncc2c1.FC1CC1. The second kappa shape index (κ2) is 17.6. The number of alkyl halides is 1. The topological polar surface area (TPSA) is 178 Å². The lowest BCUT2D eigenvalue weighted by atomic mass is 10.0. The van der Waals surface area contributed by atoms with E-state index in [-0.39, 0.29) is 11.7 Å². The van der Waals surface area contributed by atoms with E-state index >= 15 is 0 Å². The van der Waals surface area contributed by atoms with Crippen LogP contribution in [0.1, 0.15) is 50.2 Å². The van der Waals surface area contributed by atoms with Crippen molar-refractivity contribution in [3.63, 3.8) is 0 Å². The Kier molecular flexibility index (Phi) is 12.7. The zero-order valence-corrected chi connectivity index (χ0v) is 30.2. The number of rotatable bonds is 3. The van der Waals surface area contributed by atoms with E-state index in [9.17, 15) is 23.4 Å². The minimum atomic E-state index is -1.27. The van der Waals surface area contributed by atoms with E-state index in [0.717, 1.165) is 66.9 Å². The molecule has 4 aromatic rings. The molecule has 2 aliphatic carbocycles. The highest BCUT2D eigenvalue weighted by Gasteiger charge is 2.18. The van der Waals surface area contributed by atoms with Crippen molar-refractivity contribution in [2.75, 3.05) is 11.6 Å². The molecule has 53 heavy (non-hydrogen) atoms. The number of hydroxylamine groups is 2. The predicted molar refractivity (Wildman–Crippen MR) is 205 cm³/mol. The largest absolute Gasteiger partial charge is 0.465 e. The van der Waals surface area contributed by atoms with Gasteiger partial charge in [-0.15, -0.1) is 0 Å². The fraction of sp³-hybridized carbons (Fsp3) is 0.231. The van der Waals surface area contributed by atoms with Crippen LogP contribution in [0, 0.1) is 6.92 Å². The molecule has 2 amide bonds. The van der Waals surface area contributed by atoms with Crippen LogP contribution in [0.2, 0.25) is 0 Å². The van der Waals surface area contributed by atoms with E-state index in [1.165, 1.54) is 19.3 Å². The van der Waals surface area contributed by atoms with Crippen LogP contribution < -0.4 is 15.8 Å². The summed E-state index contributed by atoms with van der Waals surface area (Å²) in [6.07, 6.45) is 16.7. The number of hydrogen-bond acceptors (Lipinski definition) is 7. The molecule has 4 N–H and O–H groups in total. The smallest absolute Gasteiger partial charge is 0.433 e. The highest BCUT2D eigenvalue weighted by molar-refractivity contribution is 7.84. The van der Waals surface area contributed by atoms with Gasteiger partial charge in [-0.2, -0.15) is 4.99 Å². The Morgan fingerprint density at radius 2 is 1.72 bits per heavy atom. The van der Waals surface area contributed by atoms with E-state index in [1.54, 1.807) is 49.3 Å². The molecule has 2 fully saturated rings. The Morgan fingerprint density at radius 3 is 2.32 bits per heavy atom. The summed E-state index contributed by atoms with van der Waals surface area (Å²) in [6, 6.07) is 14.9. The molecule has 1 atom stereocenters. The lowest BCUT2D eigenvalue weighted by Gasteiger charge is -2.20. The van der Waals surface area contributed by atoms with Gasteiger partial charge in [0.2, 0.25) is 0 Å². The maximum absolute atomic E-state index is 11.5. The van der Waals surface area contributed by atoms with Crippen molar-refractivity contribution in [3.05, 3.63) is 106 Å². The number of halogens is 1. The van der Waals surface area contributed by atoms with Crippen molar-refractivity contribution in [2.24, 2.45) is 9.98 Å². The standard InChI is InChI=1S/C17H15N3O3S.C16H13N3O3.C3H5F.C3H6/c1-10-5-16(24(2)23)19-9-14(10)12-4-3-11-7-15(20-17(21)22)18-8-13(11)6-12;1-10-3-2-6-19(22)15(10)12-5-4-11-8-14(18-16(20)21)17-9-13(11)7-12;4-3-1-2-3;1-2-3-1/h3-9H,1-2H3,(H,18,20)(H,21,22);2-9,22H,1H3,(H,20,21);3H,1-2H2;1-3H2. The van der Waals surface area contributed by atoms with Gasteiger partial charge in [0.1, 0.15) is 17.0 Å². The van der Waals surface area contributed by atoms with Crippen LogP contribution in [0.15, 0.2) is 99.9 Å². The summed E-state index contributed by atoms with van der Waals surface area (Å²) >= 11 is 0. The first-order chi connectivity index (χ1) is 25.4. The Hall–Kier alpha value is -5.86. The first-order valence-corrected chi connectivity index (χ1v) is 18.3. The average molecular weight is 739 g/mol. The van der Waals surface area contributed by atoms with Crippen LogP contribution in [0.25, 0.3) is 33.7 Å². The van der Waals surface area contributed by atoms with Gasteiger partial charge in [0.15, 0.2) is 5.84 Å². The van der Waals surface area contributed by atoms with E-state index in [2.05, 4.69) is 25.3 Å². The number of aliphatic imine (C=N–C) groups is 2. The molecule has 1 unspecified atom stereocenters. The van der Waals surface area contributed by atoms with Gasteiger partial charge < -0.3 is 10.2 Å². The number of nitrogens with zero attached hydrogens (tertiary/aromatic N) is 5. The number of amidine groups is 1. The highest BCUT2D eigenvalue weighted by atomic mass is 32.2. The number of allylic oxidation sites excluding steroid dienone is 2. The normalized spacial score (nSPS) is 17.3. The second-order valence-electron chi connectivity index (χ2n) is 12.5. The van der Waals surface area contributed by atoms with Gasteiger partial charge >= 0.3 is 12.2 Å². The number of carbonyl (C=O) groups is 2. The van der Waals surface area contributed by atoms with Crippen molar-refractivity contribution in [1.82, 2.24) is 15.0 Å². The van der Waals surface area contributed by atoms with Crippen molar-refractivity contribution in [2.45, 2.75) is 57.1 Å². The van der Waals surface area contributed by atoms with Crippen molar-refractivity contribution < 1.29 is 33.6 Å². The highest BCUT2D eigenvalue weighted by Crippen LogP contribution is 2.28. The zero-order valence-electron chi connectivity index (χ0n) is 29.4. The van der Waals surface area contributed by atoms with E-state index in [4.69, 9.17) is 10.2 Å². The maximum Gasteiger partial charge on any atom is 0.433 e. The molecule has 4 heterocycles. The van der Waals surface area contributed by atoms with Gasteiger partial charge in [-0.1, -0.05) is 49.6 Å². The molecular weight excluding hydrogens is 700 g/mol.